The van der Waals surface area contributed by atoms with Crippen molar-refractivity contribution in [3.63, 3.8) is 0 Å². The van der Waals surface area contributed by atoms with E-state index in [4.69, 9.17) is 26.3 Å². The number of amides is 1. The third-order valence-electron chi connectivity index (χ3n) is 3.35. The monoisotopic (exact) mass is 374 g/mol. The van der Waals surface area contributed by atoms with E-state index in [2.05, 4.69) is 10.1 Å². The fourth-order valence-electron chi connectivity index (χ4n) is 2.01. The highest BCUT2D eigenvalue weighted by Crippen LogP contribution is 2.29. The van der Waals surface area contributed by atoms with Crippen LogP contribution in [0.2, 0.25) is 5.02 Å². The van der Waals surface area contributed by atoms with Crippen LogP contribution in [0.5, 0.6) is 11.5 Å². The molecule has 0 atom stereocenters. The molecule has 7 nitrogen and oxygen atoms in total. The fraction of sp³-hybridized carbons (Fsp3) is 0.167. The molecule has 134 valence electrons. The molecule has 0 spiro atoms. The van der Waals surface area contributed by atoms with E-state index in [1.54, 1.807) is 18.2 Å². The van der Waals surface area contributed by atoms with E-state index in [9.17, 15) is 9.59 Å². The summed E-state index contributed by atoms with van der Waals surface area (Å²) in [6, 6.07) is 11.0. The highest BCUT2D eigenvalue weighted by molar-refractivity contribution is 6.32. The SMILES string of the molecule is COC(=O)COc1cc(C(=O)Nc2ccc(C#N)c(Cl)c2)ccc1OC. The lowest BCUT2D eigenvalue weighted by Crippen LogP contribution is -2.15. The molecule has 26 heavy (non-hydrogen) atoms. The Morgan fingerprint density at radius 2 is 1.92 bits per heavy atom. The van der Waals surface area contributed by atoms with Gasteiger partial charge in [-0.05, 0) is 36.4 Å². The third kappa shape index (κ3) is 4.65. The van der Waals surface area contributed by atoms with Gasteiger partial charge >= 0.3 is 5.97 Å². The first-order valence-corrected chi connectivity index (χ1v) is 7.75. The van der Waals surface area contributed by atoms with Gasteiger partial charge < -0.3 is 19.5 Å². The number of hydrogen-bond donors (Lipinski definition) is 1. The standard InChI is InChI=1S/C18H15ClN2O5/c1-24-15-6-4-11(7-16(15)26-10-17(22)25-2)18(23)21-13-5-3-12(9-20)14(19)8-13/h3-8H,10H2,1-2H3,(H,21,23). The second-order valence-electron chi connectivity index (χ2n) is 4.99. The van der Waals surface area contributed by atoms with E-state index in [-0.39, 0.29) is 22.9 Å². The van der Waals surface area contributed by atoms with Crippen molar-refractivity contribution in [2.24, 2.45) is 0 Å². The number of anilines is 1. The Morgan fingerprint density at radius 3 is 2.54 bits per heavy atom. The summed E-state index contributed by atoms with van der Waals surface area (Å²) < 4.78 is 15.0. The summed E-state index contributed by atoms with van der Waals surface area (Å²) in [6.45, 7) is -0.316. The topological polar surface area (TPSA) is 97.6 Å². The average molecular weight is 375 g/mol. The molecule has 0 saturated heterocycles. The number of ether oxygens (including phenoxy) is 3. The molecule has 1 N–H and O–H groups in total. The van der Waals surface area contributed by atoms with E-state index >= 15 is 0 Å². The number of carbonyl (C=O) groups excluding carboxylic acids is 2. The maximum atomic E-state index is 12.4. The Labute approximate surface area is 155 Å². The Morgan fingerprint density at radius 1 is 1.15 bits per heavy atom. The fourth-order valence-corrected chi connectivity index (χ4v) is 2.24. The molecule has 0 radical (unpaired) electrons. The summed E-state index contributed by atoms with van der Waals surface area (Å²) in [5, 5.41) is 11.8. The summed E-state index contributed by atoms with van der Waals surface area (Å²) in [5.74, 6) is -0.388. The molecule has 0 aliphatic carbocycles. The highest BCUT2D eigenvalue weighted by atomic mass is 35.5. The van der Waals surface area contributed by atoms with Crippen LogP contribution in [0.15, 0.2) is 36.4 Å². The Hall–Kier alpha value is -3.24. The van der Waals surface area contributed by atoms with Crippen molar-refractivity contribution in [3.05, 3.63) is 52.5 Å². The first kappa shape index (κ1) is 19.1. The van der Waals surface area contributed by atoms with Crippen LogP contribution in [0.25, 0.3) is 0 Å². The summed E-state index contributed by atoms with van der Waals surface area (Å²) in [4.78, 5) is 23.6. The van der Waals surface area contributed by atoms with E-state index in [1.807, 2.05) is 6.07 Å². The van der Waals surface area contributed by atoms with Gasteiger partial charge in [-0.1, -0.05) is 11.6 Å². The lowest BCUT2D eigenvalue weighted by atomic mass is 10.1. The van der Waals surface area contributed by atoms with Crippen LogP contribution < -0.4 is 14.8 Å². The molecule has 0 aromatic heterocycles. The van der Waals surface area contributed by atoms with Gasteiger partial charge in [0.1, 0.15) is 6.07 Å². The molecule has 0 aliphatic heterocycles. The van der Waals surface area contributed by atoms with Gasteiger partial charge in [0.2, 0.25) is 0 Å². The van der Waals surface area contributed by atoms with E-state index in [0.29, 0.717) is 17.0 Å². The van der Waals surface area contributed by atoms with Gasteiger partial charge in [-0.2, -0.15) is 5.26 Å². The highest BCUT2D eigenvalue weighted by Gasteiger charge is 2.13. The van der Waals surface area contributed by atoms with Crippen LogP contribution in [0, 0.1) is 11.3 Å². The van der Waals surface area contributed by atoms with E-state index in [0.717, 1.165) is 0 Å². The van der Waals surface area contributed by atoms with Crippen molar-refractivity contribution in [1.82, 2.24) is 0 Å². The van der Waals surface area contributed by atoms with Crippen molar-refractivity contribution in [3.8, 4) is 17.6 Å². The Bertz CT molecular complexity index is 876. The van der Waals surface area contributed by atoms with Gasteiger partial charge in [-0.15, -0.1) is 0 Å². The zero-order valence-corrected chi connectivity index (χ0v) is 14.8. The smallest absolute Gasteiger partial charge is 0.343 e. The maximum Gasteiger partial charge on any atom is 0.343 e. The van der Waals surface area contributed by atoms with Crippen molar-refractivity contribution in [2.75, 3.05) is 26.1 Å². The third-order valence-corrected chi connectivity index (χ3v) is 3.66. The molecule has 8 heteroatoms. The molecule has 0 bridgehead atoms. The Balaban J connectivity index is 2.19. The molecule has 0 heterocycles. The molecular weight excluding hydrogens is 360 g/mol. The summed E-state index contributed by atoms with van der Waals surface area (Å²) in [7, 11) is 2.69. The van der Waals surface area contributed by atoms with Gasteiger partial charge in [0.25, 0.3) is 5.91 Å². The second-order valence-corrected chi connectivity index (χ2v) is 5.40. The zero-order valence-electron chi connectivity index (χ0n) is 14.0. The second kappa shape index (κ2) is 8.74. The summed E-state index contributed by atoms with van der Waals surface area (Å²) >= 11 is 5.95. The van der Waals surface area contributed by atoms with Gasteiger partial charge in [-0.25, -0.2) is 4.79 Å². The minimum Gasteiger partial charge on any atom is -0.493 e. The predicted molar refractivity (Wildman–Crippen MR) is 94.6 cm³/mol. The zero-order chi connectivity index (χ0) is 19.1. The van der Waals surface area contributed by atoms with Gasteiger partial charge in [0.05, 0.1) is 24.8 Å². The van der Waals surface area contributed by atoms with Crippen LogP contribution in [-0.4, -0.2) is 32.7 Å². The van der Waals surface area contributed by atoms with Crippen LogP contribution in [0.1, 0.15) is 15.9 Å². The van der Waals surface area contributed by atoms with E-state index in [1.165, 1.54) is 32.4 Å². The lowest BCUT2D eigenvalue weighted by molar-refractivity contribution is -0.142. The van der Waals surface area contributed by atoms with Gasteiger partial charge in [0.15, 0.2) is 18.1 Å². The molecule has 0 unspecified atom stereocenters. The number of nitrogens with zero attached hydrogens (tertiary/aromatic N) is 1. The van der Waals surface area contributed by atoms with Crippen molar-refractivity contribution < 1.29 is 23.8 Å². The predicted octanol–water partition coefficient (Wildman–Crippen LogP) is 3.02. The minimum absolute atomic E-state index is 0.225. The van der Waals surface area contributed by atoms with Crippen molar-refractivity contribution in [1.29, 1.82) is 5.26 Å². The normalized spacial score (nSPS) is 9.77. The number of esters is 1. The number of nitrogens with one attached hydrogen (secondary N) is 1. The van der Waals surface area contributed by atoms with E-state index < -0.39 is 11.9 Å². The minimum atomic E-state index is -0.561. The number of methoxy groups -OCH3 is 2. The summed E-state index contributed by atoms with van der Waals surface area (Å²) in [5.41, 5.74) is 1.03. The van der Waals surface area contributed by atoms with Crippen LogP contribution in [-0.2, 0) is 9.53 Å². The summed E-state index contributed by atoms with van der Waals surface area (Å²) in [6.07, 6.45) is 0. The molecule has 0 saturated carbocycles. The molecule has 2 rings (SSSR count). The molecule has 2 aromatic rings. The number of carbonyl (C=O) groups is 2. The van der Waals surface area contributed by atoms with Gasteiger partial charge in [0, 0.05) is 11.3 Å². The number of benzene rings is 2. The van der Waals surface area contributed by atoms with Crippen LogP contribution >= 0.6 is 11.6 Å². The first-order chi connectivity index (χ1) is 12.5. The molecule has 2 aromatic carbocycles. The van der Waals surface area contributed by atoms with Crippen molar-refractivity contribution >= 4 is 29.2 Å². The molecule has 0 aliphatic rings. The molecule has 1 amide bonds. The first-order valence-electron chi connectivity index (χ1n) is 7.37. The number of rotatable bonds is 6. The average Bonchev–Trinajstić information content (AvgIpc) is 2.65. The number of hydrogen-bond acceptors (Lipinski definition) is 6. The van der Waals surface area contributed by atoms with Crippen LogP contribution in [0.4, 0.5) is 5.69 Å². The number of halogens is 1. The quantitative estimate of drug-likeness (QED) is 0.780. The largest absolute Gasteiger partial charge is 0.493 e. The maximum absolute atomic E-state index is 12.4. The number of nitriles is 1. The molecule has 0 fully saturated rings. The van der Waals surface area contributed by atoms with Crippen molar-refractivity contribution in [2.45, 2.75) is 0 Å². The Kier molecular flexibility index (Phi) is 6.42. The van der Waals surface area contributed by atoms with Crippen LogP contribution in [0.3, 0.4) is 0 Å². The van der Waals surface area contributed by atoms with Gasteiger partial charge in [-0.3, -0.25) is 4.79 Å². The molecular formula is C18H15ClN2O5. The lowest BCUT2D eigenvalue weighted by Gasteiger charge is -2.12.